The molecular formula is C19H24N3O4S2+. The van der Waals surface area contributed by atoms with Crippen LogP contribution in [-0.2, 0) is 16.0 Å². The smallest absolute Gasteiger partial charge is 0.341 e. The van der Waals surface area contributed by atoms with Crippen LogP contribution in [0.4, 0.5) is 5.00 Å². The largest absolute Gasteiger partial charge is 0.462 e. The van der Waals surface area contributed by atoms with Crippen molar-refractivity contribution in [1.82, 2.24) is 0 Å². The van der Waals surface area contributed by atoms with Gasteiger partial charge in [-0.25, -0.2) is 4.79 Å². The zero-order valence-electron chi connectivity index (χ0n) is 16.1. The van der Waals surface area contributed by atoms with E-state index in [4.69, 9.17) is 10.5 Å². The van der Waals surface area contributed by atoms with Crippen molar-refractivity contribution < 1.29 is 24.0 Å². The number of anilines is 1. The number of esters is 1. The predicted octanol–water partition coefficient (Wildman–Crippen LogP) is 1.53. The molecule has 28 heavy (non-hydrogen) atoms. The molecule has 0 saturated heterocycles. The minimum atomic E-state index is -0.631. The number of nitrogens with one attached hydrogen (secondary N) is 2. The molecule has 1 aliphatic rings. The van der Waals surface area contributed by atoms with Gasteiger partial charge in [0.05, 0.1) is 23.6 Å². The number of fused-ring (bicyclic) bond motifs is 1. The summed E-state index contributed by atoms with van der Waals surface area (Å²) < 4.78 is 5.08. The summed E-state index contributed by atoms with van der Waals surface area (Å²) in [4.78, 5) is 39.5. The van der Waals surface area contributed by atoms with Crippen LogP contribution in [0.5, 0.6) is 0 Å². The Hall–Kier alpha value is -2.23. The van der Waals surface area contributed by atoms with E-state index in [1.54, 1.807) is 25.2 Å². The molecule has 7 nitrogen and oxygen atoms in total. The molecule has 2 amide bonds. The van der Waals surface area contributed by atoms with Crippen molar-refractivity contribution in [3.8, 4) is 0 Å². The lowest BCUT2D eigenvalue weighted by Gasteiger charge is -2.29. The van der Waals surface area contributed by atoms with Crippen LogP contribution in [0.15, 0.2) is 11.4 Å². The van der Waals surface area contributed by atoms with Gasteiger partial charge in [0.1, 0.15) is 11.0 Å². The van der Waals surface area contributed by atoms with Crippen molar-refractivity contribution in [3.05, 3.63) is 37.9 Å². The molecule has 2 aromatic rings. The minimum Gasteiger partial charge on any atom is -0.462 e. The van der Waals surface area contributed by atoms with Gasteiger partial charge in [0.25, 0.3) is 11.8 Å². The van der Waals surface area contributed by atoms with Crippen LogP contribution in [0.25, 0.3) is 0 Å². The lowest BCUT2D eigenvalue weighted by molar-refractivity contribution is -0.923. The molecule has 150 valence electrons. The summed E-state index contributed by atoms with van der Waals surface area (Å²) in [5.74, 6) is -1.40. The molecule has 4 N–H and O–H groups in total. The third-order valence-corrected chi connectivity index (χ3v) is 7.24. The standard InChI is InChI=1S/C19H23N3O4S2/c1-4-26-19(25)15-10(2)16(17(20)24)28-18(15)21-14(23)9-22-7-5-13-12(11(22)3)6-8-27-13/h6,8,11H,4-5,7,9H2,1-3H3,(H2,20,24)(H,21,23)/p+1/t11-/m1/s1. The van der Waals surface area contributed by atoms with Crippen LogP contribution in [0.2, 0.25) is 0 Å². The van der Waals surface area contributed by atoms with Gasteiger partial charge in [-0.15, -0.1) is 22.7 Å². The van der Waals surface area contributed by atoms with Crippen molar-refractivity contribution in [2.45, 2.75) is 33.2 Å². The quantitative estimate of drug-likeness (QED) is 0.615. The van der Waals surface area contributed by atoms with Gasteiger partial charge < -0.3 is 20.7 Å². The summed E-state index contributed by atoms with van der Waals surface area (Å²) >= 11 is 2.78. The number of hydrogen-bond donors (Lipinski definition) is 3. The monoisotopic (exact) mass is 422 g/mol. The fraction of sp³-hybridized carbons (Fsp3) is 0.421. The predicted molar refractivity (Wildman–Crippen MR) is 109 cm³/mol. The number of primary amides is 1. The molecule has 3 rings (SSSR count). The van der Waals surface area contributed by atoms with E-state index in [0.29, 0.717) is 10.6 Å². The van der Waals surface area contributed by atoms with Gasteiger partial charge in [0, 0.05) is 16.9 Å². The maximum atomic E-state index is 12.7. The van der Waals surface area contributed by atoms with Crippen molar-refractivity contribution >= 4 is 45.5 Å². The number of carbonyl (C=O) groups is 3. The van der Waals surface area contributed by atoms with Gasteiger partial charge in [0.15, 0.2) is 6.54 Å². The normalized spacial score (nSPS) is 18.4. The molecule has 0 fully saturated rings. The van der Waals surface area contributed by atoms with Gasteiger partial charge in [0.2, 0.25) is 0 Å². The Bertz CT molecular complexity index is 918. The van der Waals surface area contributed by atoms with E-state index in [-0.39, 0.29) is 35.5 Å². The van der Waals surface area contributed by atoms with Crippen LogP contribution in [0.1, 0.15) is 55.9 Å². The first kappa shape index (κ1) is 20.5. The number of quaternary nitrogens is 1. The zero-order valence-corrected chi connectivity index (χ0v) is 17.7. The molecule has 0 aromatic carbocycles. The molecule has 0 saturated carbocycles. The lowest BCUT2D eigenvalue weighted by atomic mass is 10.0. The molecule has 0 radical (unpaired) electrons. The number of rotatable bonds is 6. The molecule has 1 aliphatic heterocycles. The van der Waals surface area contributed by atoms with Crippen LogP contribution in [0.3, 0.4) is 0 Å². The van der Waals surface area contributed by atoms with Crippen LogP contribution in [-0.4, -0.2) is 37.5 Å². The highest BCUT2D eigenvalue weighted by atomic mass is 32.1. The Labute approximate surface area is 171 Å². The Kier molecular flexibility index (Phi) is 6.17. The number of carbonyl (C=O) groups excluding carboxylic acids is 3. The number of amides is 2. The van der Waals surface area contributed by atoms with Crippen LogP contribution in [0, 0.1) is 6.92 Å². The van der Waals surface area contributed by atoms with E-state index in [9.17, 15) is 14.4 Å². The maximum absolute atomic E-state index is 12.7. The minimum absolute atomic E-state index is 0.200. The second-order valence-electron chi connectivity index (χ2n) is 6.75. The molecule has 0 spiro atoms. The fourth-order valence-corrected chi connectivity index (χ4v) is 5.60. The van der Waals surface area contributed by atoms with E-state index in [1.807, 2.05) is 0 Å². The first-order valence-corrected chi connectivity index (χ1v) is 10.8. The summed E-state index contributed by atoms with van der Waals surface area (Å²) in [6.07, 6.45) is 0.956. The topological polar surface area (TPSA) is 103 Å². The van der Waals surface area contributed by atoms with Crippen molar-refractivity contribution in [1.29, 1.82) is 0 Å². The van der Waals surface area contributed by atoms with Gasteiger partial charge in [-0.05, 0) is 37.8 Å². The Morgan fingerprint density at radius 3 is 2.82 bits per heavy atom. The Morgan fingerprint density at radius 1 is 1.39 bits per heavy atom. The molecule has 9 heteroatoms. The fourth-order valence-electron chi connectivity index (χ4n) is 3.55. The molecule has 0 aliphatic carbocycles. The average Bonchev–Trinajstić information content (AvgIpc) is 3.22. The van der Waals surface area contributed by atoms with Crippen molar-refractivity contribution in [2.75, 3.05) is 25.0 Å². The van der Waals surface area contributed by atoms with Crippen molar-refractivity contribution in [3.63, 3.8) is 0 Å². The summed E-state index contributed by atoms with van der Waals surface area (Å²) in [5.41, 5.74) is 7.35. The summed E-state index contributed by atoms with van der Waals surface area (Å²) in [6.45, 7) is 6.81. The number of hydrogen-bond acceptors (Lipinski definition) is 6. The second kappa shape index (κ2) is 8.42. The number of thiophene rings is 2. The molecular weight excluding hydrogens is 398 g/mol. The van der Waals surface area contributed by atoms with E-state index >= 15 is 0 Å². The van der Waals surface area contributed by atoms with Gasteiger partial charge in [-0.2, -0.15) is 0 Å². The Balaban J connectivity index is 1.77. The summed E-state index contributed by atoms with van der Waals surface area (Å²) in [7, 11) is 0. The third kappa shape index (κ3) is 3.96. The number of ether oxygens (including phenoxy) is 1. The second-order valence-corrected chi connectivity index (χ2v) is 8.77. The van der Waals surface area contributed by atoms with Gasteiger partial charge >= 0.3 is 5.97 Å². The molecule has 2 aromatic heterocycles. The van der Waals surface area contributed by atoms with Crippen LogP contribution >= 0.6 is 22.7 Å². The zero-order chi connectivity index (χ0) is 20.4. The lowest BCUT2D eigenvalue weighted by Crippen LogP contribution is -3.14. The third-order valence-electron chi connectivity index (χ3n) is 5.02. The van der Waals surface area contributed by atoms with Gasteiger partial charge in [-0.1, -0.05) is 0 Å². The van der Waals surface area contributed by atoms with E-state index < -0.39 is 11.9 Å². The highest BCUT2D eigenvalue weighted by Gasteiger charge is 2.31. The Morgan fingerprint density at radius 2 is 2.14 bits per heavy atom. The average molecular weight is 423 g/mol. The van der Waals surface area contributed by atoms with Crippen LogP contribution < -0.4 is 16.0 Å². The van der Waals surface area contributed by atoms with E-state index in [1.165, 1.54) is 15.3 Å². The molecule has 0 bridgehead atoms. The van der Waals surface area contributed by atoms with E-state index in [2.05, 4.69) is 23.7 Å². The first-order valence-electron chi connectivity index (χ1n) is 9.14. The summed E-state index contributed by atoms with van der Waals surface area (Å²) in [6, 6.07) is 2.36. The highest BCUT2D eigenvalue weighted by molar-refractivity contribution is 7.18. The molecule has 1 unspecified atom stereocenters. The molecule has 3 heterocycles. The van der Waals surface area contributed by atoms with Gasteiger partial charge in [-0.3, -0.25) is 9.59 Å². The first-order chi connectivity index (χ1) is 13.3. The van der Waals surface area contributed by atoms with E-state index in [0.717, 1.165) is 24.3 Å². The SMILES string of the molecule is CCOC(=O)c1c(NC(=O)C[NH+]2CCc3sccc3[C@H]2C)sc(C(N)=O)c1C. The molecule has 2 atom stereocenters. The van der Waals surface area contributed by atoms with Crippen molar-refractivity contribution in [2.24, 2.45) is 5.73 Å². The summed E-state index contributed by atoms with van der Waals surface area (Å²) in [5, 5.41) is 5.21. The highest BCUT2D eigenvalue weighted by Crippen LogP contribution is 2.33. The number of nitrogens with two attached hydrogens (primary N) is 1. The maximum Gasteiger partial charge on any atom is 0.341 e.